The van der Waals surface area contributed by atoms with E-state index in [1.54, 1.807) is 0 Å². The summed E-state index contributed by atoms with van der Waals surface area (Å²) >= 11 is 0. The van der Waals surface area contributed by atoms with Crippen LogP contribution in [0.4, 0.5) is 0 Å². The number of nitrogens with zero attached hydrogens (tertiary/aromatic N) is 1. The Morgan fingerprint density at radius 1 is 0.792 bits per heavy atom. The molecule has 0 heterocycles. The maximum Gasteiger partial charge on any atom is 0.220 e. The molecular formula is C17H35N3O4. The molecule has 0 aromatic carbocycles. The molecule has 0 saturated heterocycles. The monoisotopic (exact) mass is 345 g/mol. The fraction of sp³-hybridized carbons (Fsp3) is 0.882. The van der Waals surface area contributed by atoms with E-state index in [1.807, 2.05) is 20.9 Å². The van der Waals surface area contributed by atoms with Gasteiger partial charge in [-0.25, -0.2) is 0 Å². The van der Waals surface area contributed by atoms with Crippen LogP contribution in [0.3, 0.4) is 0 Å². The van der Waals surface area contributed by atoms with Crippen molar-refractivity contribution in [2.45, 2.75) is 39.5 Å². The van der Waals surface area contributed by atoms with Crippen LogP contribution in [-0.4, -0.2) is 76.4 Å². The highest BCUT2D eigenvalue weighted by Crippen LogP contribution is 1.88. The van der Waals surface area contributed by atoms with E-state index in [0.717, 1.165) is 25.9 Å². The van der Waals surface area contributed by atoms with Crippen molar-refractivity contribution in [2.24, 2.45) is 0 Å². The minimum atomic E-state index is 0.0845. The summed E-state index contributed by atoms with van der Waals surface area (Å²) in [6, 6.07) is 0. The van der Waals surface area contributed by atoms with Gasteiger partial charge in [0.1, 0.15) is 0 Å². The number of rotatable bonds is 16. The largest absolute Gasteiger partial charge is 0.378 e. The van der Waals surface area contributed by atoms with Crippen molar-refractivity contribution >= 4 is 11.8 Å². The number of carbonyl (C=O) groups is 2. The van der Waals surface area contributed by atoms with E-state index < -0.39 is 0 Å². The Hall–Kier alpha value is -1.18. The number of ether oxygens (including phenoxy) is 2. The number of hydrogen-bond acceptors (Lipinski definition) is 5. The van der Waals surface area contributed by atoms with Crippen molar-refractivity contribution in [3.63, 3.8) is 0 Å². The molecule has 0 fully saturated rings. The van der Waals surface area contributed by atoms with Gasteiger partial charge in [-0.15, -0.1) is 0 Å². The molecule has 0 bridgehead atoms. The lowest BCUT2D eigenvalue weighted by Gasteiger charge is -2.16. The van der Waals surface area contributed by atoms with Gasteiger partial charge < -0.3 is 25.0 Å². The lowest BCUT2D eigenvalue weighted by Crippen LogP contribution is -2.31. The Kier molecular flexibility index (Phi) is 15.9. The maximum absolute atomic E-state index is 11.2. The van der Waals surface area contributed by atoms with Gasteiger partial charge in [-0.2, -0.15) is 0 Å². The third-order valence-electron chi connectivity index (χ3n) is 3.33. The zero-order valence-electron chi connectivity index (χ0n) is 15.6. The molecule has 2 N–H and O–H groups in total. The SMILES string of the molecule is CCCC(=O)NCCOCCN(C)CCOCCNC(=O)CCC. The summed E-state index contributed by atoms with van der Waals surface area (Å²) in [7, 11) is 2.01. The van der Waals surface area contributed by atoms with Crippen molar-refractivity contribution in [1.29, 1.82) is 0 Å². The standard InChI is InChI=1S/C17H35N3O4/c1-4-6-16(21)18-8-12-23-14-10-20(3)11-15-24-13-9-19-17(22)7-5-2/h4-15H2,1-3H3,(H,18,21)(H,19,22). The molecule has 7 heteroatoms. The highest BCUT2D eigenvalue weighted by atomic mass is 16.5. The Labute approximate surface area is 146 Å². The molecule has 0 aliphatic carbocycles. The van der Waals surface area contributed by atoms with Gasteiger partial charge in [-0.1, -0.05) is 13.8 Å². The van der Waals surface area contributed by atoms with Crippen molar-refractivity contribution in [1.82, 2.24) is 15.5 Å². The molecule has 24 heavy (non-hydrogen) atoms. The summed E-state index contributed by atoms with van der Waals surface area (Å²) in [5.74, 6) is 0.169. The Balaban J connectivity index is 3.31. The first-order valence-corrected chi connectivity index (χ1v) is 8.97. The molecule has 0 spiro atoms. The van der Waals surface area contributed by atoms with Crippen molar-refractivity contribution < 1.29 is 19.1 Å². The summed E-state index contributed by atoms with van der Waals surface area (Å²) in [6.07, 6.45) is 2.88. The van der Waals surface area contributed by atoms with Gasteiger partial charge in [0.2, 0.25) is 11.8 Å². The van der Waals surface area contributed by atoms with Crippen molar-refractivity contribution in [3.8, 4) is 0 Å². The molecule has 0 saturated carbocycles. The van der Waals surface area contributed by atoms with E-state index in [2.05, 4.69) is 15.5 Å². The minimum absolute atomic E-state index is 0.0845. The van der Waals surface area contributed by atoms with Crippen LogP contribution in [0.15, 0.2) is 0 Å². The number of hydrogen-bond donors (Lipinski definition) is 2. The summed E-state index contributed by atoms with van der Waals surface area (Å²) < 4.78 is 11.0. The molecule has 0 aromatic heterocycles. The number of likely N-dealkylation sites (N-methyl/N-ethyl adjacent to an activating group) is 1. The van der Waals surface area contributed by atoms with Gasteiger partial charge in [0.15, 0.2) is 0 Å². The second-order valence-electron chi connectivity index (χ2n) is 5.73. The molecule has 0 unspecified atom stereocenters. The first-order chi connectivity index (χ1) is 11.6. The third kappa shape index (κ3) is 15.7. The smallest absolute Gasteiger partial charge is 0.220 e. The molecule has 0 rings (SSSR count). The van der Waals surface area contributed by atoms with E-state index in [4.69, 9.17) is 9.47 Å². The fourth-order valence-corrected chi connectivity index (χ4v) is 1.91. The average molecular weight is 345 g/mol. The lowest BCUT2D eigenvalue weighted by atomic mass is 10.3. The topological polar surface area (TPSA) is 79.9 Å². The Morgan fingerprint density at radius 2 is 1.21 bits per heavy atom. The van der Waals surface area contributed by atoms with Gasteiger partial charge in [0.05, 0.1) is 26.4 Å². The van der Waals surface area contributed by atoms with Gasteiger partial charge in [-0.05, 0) is 19.9 Å². The summed E-state index contributed by atoms with van der Waals surface area (Å²) in [5, 5.41) is 5.63. The minimum Gasteiger partial charge on any atom is -0.378 e. The van der Waals surface area contributed by atoms with Gasteiger partial charge in [-0.3, -0.25) is 9.59 Å². The average Bonchev–Trinajstić information content (AvgIpc) is 2.54. The molecule has 142 valence electrons. The van der Waals surface area contributed by atoms with Gasteiger partial charge >= 0.3 is 0 Å². The first-order valence-electron chi connectivity index (χ1n) is 8.97. The van der Waals surface area contributed by atoms with Crippen LogP contribution in [0.2, 0.25) is 0 Å². The second-order valence-corrected chi connectivity index (χ2v) is 5.73. The molecule has 0 aromatic rings. The third-order valence-corrected chi connectivity index (χ3v) is 3.33. The Bertz CT molecular complexity index is 297. The number of nitrogens with one attached hydrogen (secondary N) is 2. The number of amides is 2. The molecule has 7 nitrogen and oxygen atoms in total. The molecule has 0 aliphatic heterocycles. The van der Waals surface area contributed by atoms with E-state index in [9.17, 15) is 9.59 Å². The van der Waals surface area contributed by atoms with Crippen LogP contribution in [0.5, 0.6) is 0 Å². The molecular weight excluding hydrogens is 310 g/mol. The summed E-state index contributed by atoms with van der Waals surface area (Å²) in [5.41, 5.74) is 0. The van der Waals surface area contributed by atoms with E-state index in [1.165, 1.54) is 0 Å². The summed E-state index contributed by atoms with van der Waals surface area (Å²) in [6.45, 7) is 9.08. The van der Waals surface area contributed by atoms with Crippen LogP contribution in [-0.2, 0) is 19.1 Å². The van der Waals surface area contributed by atoms with Gasteiger partial charge in [0.25, 0.3) is 0 Å². The predicted molar refractivity (Wildman–Crippen MR) is 95.0 cm³/mol. The van der Waals surface area contributed by atoms with E-state index in [0.29, 0.717) is 52.4 Å². The second kappa shape index (κ2) is 16.7. The molecule has 0 aliphatic rings. The quantitative estimate of drug-likeness (QED) is 0.404. The number of carbonyl (C=O) groups excluding carboxylic acids is 2. The first kappa shape index (κ1) is 22.8. The molecule has 0 atom stereocenters. The zero-order valence-corrected chi connectivity index (χ0v) is 15.6. The van der Waals surface area contributed by atoms with Crippen molar-refractivity contribution in [3.05, 3.63) is 0 Å². The van der Waals surface area contributed by atoms with Crippen LogP contribution >= 0.6 is 0 Å². The van der Waals surface area contributed by atoms with Crippen LogP contribution < -0.4 is 10.6 Å². The molecule has 2 amide bonds. The molecule has 0 radical (unpaired) electrons. The maximum atomic E-state index is 11.2. The zero-order chi connectivity index (χ0) is 18.0. The van der Waals surface area contributed by atoms with Crippen LogP contribution in [0.25, 0.3) is 0 Å². The van der Waals surface area contributed by atoms with Crippen molar-refractivity contribution in [2.75, 3.05) is 59.7 Å². The van der Waals surface area contributed by atoms with Gasteiger partial charge in [0, 0.05) is 39.0 Å². The normalized spacial score (nSPS) is 10.8. The lowest BCUT2D eigenvalue weighted by molar-refractivity contribution is -0.122. The highest BCUT2D eigenvalue weighted by Gasteiger charge is 2.01. The Morgan fingerprint density at radius 3 is 1.58 bits per heavy atom. The predicted octanol–water partition coefficient (Wildman–Crippen LogP) is 0.784. The summed E-state index contributed by atoms with van der Waals surface area (Å²) in [4.78, 5) is 24.6. The van der Waals surface area contributed by atoms with E-state index in [-0.39, 0.29) is 11.8 Å². The van der Waals surface area contributed by atoms with Crippen LogP contribution in [0.1, 0.15) is 39.5 Å². The highest BCUT2D eigenvalue weighted by molar-refractivity contribution is 5.76. The van der Waals surface area contributed by atoms with E-state index >= 15 is 0 Å². The van der Waals surface area contributed by atoms with Crippen LogP contribution in [0, 0.1) is 0 Å². The fourth-order valence-electron chi connectivity index (χ4n) is 1.91.